The Morgan fingerprint density at radius 1 is 1.50 bits per heavy atom. The van der Waals surface area contributed by atoms with Crippen molar-refractivity contribution in [3.63, 3.8) is 0 Å². The summed E-state index contributed by atoms with van der Waals surface area (Å²) < 4.78 is 38.5. The van der Waals surface area contributed by atoms with Crippen LogP contribution in [-0.2, 0) is 6.54 Å². The quantitative estimate of drug-likeness (QED) is 0.849. The zero-order valence-electron chi connectivity index (χ0n) is 9.38. The Kier molecular flexibility index (Phi) is 4.35. The van der Waals surface area contributed by atoms with Crippen LogP contribution in [0.2, 0.25) is 0 Å². The topological polar surface area (TPSA) is 29.9 Å². The lowest BCUT2D eigenvalue weighted by atomic mass is 10.1. The highest BCUT2D eigenvalue weighted by atomic mass is 19.4. The number of hydrogen-bond donors (Lipinski definition) is 1. The standard InChI is InChI=1S/C10H16F3N3/c1-3-4-16-7-8(6-15-16)9(14-2)5-10(11,12)13/h6-7,9,14H,3-5H2,1-2H3. The van der Waals surface area contributed by atoms with Crippen molar-refractivity contribution < 1.29 is 13.2 Å². The van der Waals surface area contributed by atoms with E-state index in [1.54, 1.807) is 10.9 Å². The second-order valence-electron chi connectivity index (χ2n) is 3.70. The van der Waals surface area contributed by atoms with Gasteiger partial charge in [0.05, 0.1) is 12.6 Å². The molecule has 92 valence electrons. The first-order chi connectivity index (χ1) is 7.46. The van der Waals surface area contributed by atoms with Gasteiger partial charge < -0.3 is 5.32 Å². The Bertz CT molecular complexity index is 319. The fourth-order valence-electron chi connectivity index (χ4n) is 1.53. The van der Waals surface area contributed by atoms with E-state index in [4.69, 9.17) is 0 Å². The van der Waals surface area contributed by atoms with Gasteiger partial charge in [0.25, 0.3) is 0 Å². The molecule has 0 radical (unpaired) electrons. The monoisotopic (exact) mass is 235 g/mol. The van der Waals surface area contributed by atoms with Crippen LogP contribution in [0, 0.1) is 0 Å². The molecule has 1 aromatic heterocycles. The van der Waals surface area contributed by atoms with Crippen LogP contribution in [0.4, 0.5) is 13.2 Å². The fourth-order valence-corrected chi connectivity index (χ4v) is 1.53. The van der Waals surface area contributed by atoms with Crippen LogP contribution >= 0.6 is 0 Å². The number of aromatic nitrogens is 2. The predicted octanol–water partition coefficient (Wildman–Crippen LogP) is 2.51. The van der Waals surface area contributed by atoms with Crippen LogP contribution in [0.15, 0.2) is 12.4 Å². The van der Waals surface area contributed by atoms with Crippen LogP contribution < -0.4 is 5.32 Å². The van der Waals surface area contributed by atoms with Gasteiger partial charge in [0, 0.05) is 24.3 Å². The van der Waals surface area contributed by atoms with E-state index >= 15 is 0 Å². The summed E-state index contributed by atoms with van der Waals surface area (Å²) in [6.45, 7) is 2.72. The van der Waals surface area contributed by atoms with Crippen molar-refractivity contribution in [2.24, 2.45) is 0 Å². The average Bonchev–Trinajstić information content (AvgIpc) is 2.62. The maximum absolute atomic E-state index is 12.3. The Hall–Kier alpha value is -1.04. The zero-order chi connectivity index (χ0) is 12.2. The maximum Gasteiger partial charge on any atom is 0.390 e. The number of halogens is 3. The van der Waals surface area contributed by atoms with E-state index in [9.17, 15) is 13.2 Å². The first-order valence-electron chi connectivity index (χ1n) is 5.22. The lowest BCUT2D eigenvalue weighted by Crippen LogP contribution is -2.23. The SMILES string of the molecule is CCCn1cc(C(CC(F)(F)F)NC)cn1. The molecule has 0 aliphatic heterocycles. The second-order valence-corrected chi connectivity index (χ2v) is 3.70. The highest BCUT2D eigenvalue weighted by Gasteiger charge is 2.32. The molecule has 1 N–H and O–H groups in total. The molecule has 3 nitrogen and oxygen atoms in total. The zero-order valence-corrected chi connectivity index (χ0v) is 9.38. The van der Waals surface area contributed by atoms with Crippen molar-refractivity contribution in [2.75, 3.05) is 7.05 Å². The molecule has 0 aliphatic carbocycles. The van der Waals surface area contributed by atoms with Crippen molar-refractivity contribution in [3.8, 4) is 0 Å². The summed E-state index contributed by atoms with van der Waals surface area (Å²) in [4.78, 5) is 0. The molecule has 0 amide bonds. The average molecular weight is 235 g/mol. The third kappa shape index (κ3) is 3.84. The summed E-state index contributed by atoms with van der Waals surface area (Å²) in [5.74, 6) is 0. The summed E-state index contributed by atoms with van der Waals surface area (Å²) in [6, 6.07) is -0.717. The van der Waals surface area contributed by atoms with Gasteiger partial charge >= 0.3 is 6.18 Å². The van der Waals surface area contributed by atoms with E-state index in [-0.39, 0.29) is 0 Å². The number of alkyl halides is 3. The summed E-state index contributed by atoms with van der Waals surface area (Å²) in [7, 11) is 1.52. The van der Waals surface area contributed by atoms with Crippen LogP contribution in [0.3, 0.4) is 0 Å². The number of hydrogen-bond acceptors (Lipinski definition) is 2. The molecule has 0 fully saturated rings. The van der Waals surface area contributed by atoms with Gasteiger partial charge in [0.15, 0.2) is 0 Å². The minimum atomic E-state index is -4.17. The number of nitrogens with one attached hydrogen (secondary N) is 1. The smallest absolute Gasteiger partial charge is 0.313 e. The summed E-state index contributed by atoms with van der Waals surface area (Å²) in [5, 5.41) is 6.67. The molecular weight excluding hydrogens is 219 g/mol. The maximum atomic E-state index is 12.3. The van der Waals surface area contributed by atoms with Gasteiger partial charge in [-0.3, -0.25) is 4.68 Å². The van der Waals surface area contributed by atoms with E-state index in [1.807, 2.05) is 6.92 Å². The lowest BCUT2D eigenvalue weighted by Gasteiger charge is -2.16. The molecule has 0 saturated heterocycles. The second kappa shape index (κ2) is 5.34. The first kappa shape index (κ1) is 13.0. The molecule has 1 atom stereocenters. The van der Waals surface area contributed by atoms with Crippen LogP contribution in [0.1, 0.15) is 31.4 Å². The molecule has 0 aromatic carbocycles. The lowest BCUT2D eigenvalue weighted by molar-refractivity contribution is -0.140. The normalized spacial score (nSPS) is 14.1. The molecule has 0 aliphatic rings. The molecular formula is C10H16F3N3. The Labute approximate surface area is 92.6 Å². The highest BCUT2D eigenvalue weighted by molar-refractivity contribution is 5.10. The van der Waals surface area contributed by atoms with Gasteiger partial charge in [-0.25, -0.2) is 0 Å². The predicted molar refractivity (Wildman–Crippen MR) is 55.0 cm³/mol. The number of aryl methyl sites for hydroxylation is 1. The van der Waals surface area contributed by atoms with Crippen LogP contribution in [-0.4, -0.2) is 23.0 Å². The van der Waals surface area contributed by atoms with Crippen molar-refractivity contribution in [2.45, 2.75) is 38.5 Å². The molecule has 6 heteroatoms. The Morgan fingerprint density at radius 2 is 2.19 bits per heavy atom. The van der Waals surface area contributed by atoms with Crippen molar-refractivity contribution >= 4 is 0 Å². The van der Waals surface area contributed by atoms with Gasteiger partial charge in [-0.2, -0.15) is 18.3 Å². The molecule has 1 heterocycles. The number of nitrogens with zero attached hydrogens (tertiary/aromatic N) is 2. The minimum absolute atomic E-state index is 0.577. The molecule has 16 heavy (non-hydrogen) atoms. The van der Waals surface area contributed by atoms with E-state index in [2.05, 4.69) is 10.4 Å². The van der Waals surface area contributed by atoms with Gasteiger partial charge in [0.1, 0.15) is 0 Å². The molecule has 0 bridgehead atoms. The van der Waals surface area contributed by atoms with Crippen molar-refractivity contribution in [1.82, 2.24) is 15.1 Å². The van der Waals surface area contributed by atoms with E-state index in [1.165, 1.54) is 13.2 Å². The van der Waals surface area contributed by atoms with Crippen molar-refractivity contribution in [1.29, 1.82) is 0 Å². The minimum Gasteiger partial charge on any atom is -0.313 e. The van der Waals surface area contributed by atoms with Crippen LogP contribution in [0.25, 0.3) is 0 Å². The summed E-state index contributed by atoms with van der Waals surface area (Å²) in [5.41, 5.74) is 0.577. The molecule has 1 aromatic rings. The Morgan fingerprint density at radius 3 is 2.69 bits per heavy atom. The fraction of sp³-hybridized carbons (Fsp3) is 0.700. The molecule has 1 unspecified atom stereocenters. The van der Waals surface area contributed by atoms with Gasteiger partial charge in [-0.1, -0.05) is 6.92 Å². The third-order valence-electron chi connectivity index (χ3n) is 2.29. The van der Waals surface area contributed by atoms with Crippen molar-refractivity contribution in [3.05, 3.63) is 18.0 Å². The van der Waals surface area contributed by atoms with E-state index in [0.717, 1.165) is 13.0 Å². The molecule has 0 saturated carbocycles. The summed E-state index contributed by atoms with van der Waals surface area (Å²) >= 11 is 0. The van der Waals surface area contributed by atoms with E-state index < -0.39 is 18.6 Å². The van der Waals surface area contributed by atoms with Gasteiger partial charge in [-0.15, -0.1) is 0 Å². The molecule has 1 rings (SSSR count). The Balaban J connectivity index is 2.71. The van der Waals surface area contributed by atoms with Gasteiger partial charge in [0.2, 0.25) is 0 Å². The first-order valence-corrected chi connectivity index (χ1v) is 5.22. The van der Waals surface area contributed by atoms with E-state index in [0.29, 0.717) is 5.56 Å². The van der Waals surface area contributed by atoms with Crippen LogP contribution in [0.5, 0.6) is 0 Å². The summed E-state index contributed by atoms with van der Waals surface area (Å²) in [6.07, 6.45) is -0.981. The number of rotatable bonds is 5. The van der Waals surface area contributed by atoms with Gasteiger partial charge in [-0.05, 0) is 13.5 Å². The molecule has 0 spiro atoms. The highest BCUT2D eigenvalue weighted by Crippen LogP contribution is 2.28. The largest absolute Gasteiger partial charge is 0.390 e. The third-order valence-corrected chi connectivity index (χ3v) is 2.29.